The van der Waals surface area contributed by atoms with E-state index in [-0.39, 0.29) is 5.82 Å². The lowest BCUT2D eigenvalue weighted by Gasteiger charge is -2.39. The predicted octanol–water partition coefficient (Wildman–Crippen LogP) is 4.13. The molecule has 0 aliphatic heterocycles. The van der Waals surface area contributed by atoms with Gasteiger partial charge in [0.1, 0.15) is 5.82 Å². The molecule has 2 aliphatic carbocycles. The Morgan fingerprint density at radius 1 is 1.32 bits per heavy atom. The van der Waals surface area contributed by atoms with Gasteiger partial charge in [-0.3, -0.25) is 0 Å². The number of halogens is 1. The van der Waals surface area contributed by atoms with Crippen LogP contribution in [0.3, 0.4) is 0 Å². The van der Waals surface area contributed by atoms with Crippen LogP contribution in [0, 0.1) is 22.6 Å². The minimum atomic E-state index is -0.140. The molecule has 0 radical (unpaired) electrons. The van der Waals surface area contributed by atoms with Crippen molar-refractivity contribution in [2.75, 3.05) is 0 Å². The molecule has 2 bridgehead atoms. The van der Waals surface area contributed by atoms with Gasteiger partial charge >= 0.3 is 0 Å². The Kier molecular flexibility index (Phi) is 2.97. The van der Waals surface area contributed by atoms with Crippen molar-refractivity contribution < 1.29 is 4.39 Å². The number of hydrogen-bond acceptors (Lipinski definition) is 1. The van der Waals surface area contributed by atoms with Crippen LogP contribution in [-0.4, -0.2) is 6.04 Å². The van der Waals surface area contributed by atoms with Crippen molar-refractivity contribution in [3.63, 3.8) is 0 Å². The second-order valence-electron chi connectivity index (χ2n) is 7.17. The van der Waals surface area contributed by atoms with E-state index in [2.05, 4.69) is 26.1 Å². The van der Waals surface area contributed by atoms with Gasteiger partial charge in [0.05, 0.1) is 0 Å². The Balaban J connectivity index is 1.69. The van der Waals surface area contributed by atoms with Gasteiger partial charge in [-0.2, -0.15) is 0 Å². The Morgan fingerprint density at radius 3 is 2.68 bits per heavy atom. The molecule has 2 aliphatic rings. The van der Waals surface area contributed by atoms with E-state index in [0.29, 0.717) is 16.9 Å². The summed E-state index contributed by atoms with van der Waals surface area (Å²) in [6, 6.07) is 7.50. The summed E-state index contributed by atoms with van der Waals surface area (Å²) in [6.45, 7) is 8.06. The molecule has 0 saturated heterocycles. The van der Waals surface area contributed by atoms with Gasteiger partial charge in [0.2, 0.25) is 0 Å². The fourth-order valence-electron chi connectivity index (χ4n) is 4.40. The monoisotopic (exact) mass is 261 g/mol. The van der Waals surface area contributed by atoms with E-state index in [4.69, 9.17) is 0 Å². The molecule has 3 unspecified atom stereocenters. The van der Waals surface area contributed by atoms with Crippen LogP contribution in [0.5, 0.6) is 0 Å². The Morgan fingerprint density at radius 2 is 2.11 bits per heavy atom. The van der Waals surface area contributed by atoms with Crippen molar-refractivity contribution in [3.8, 4) is 0 Å². The Bertz CT molecular complexity index is 482. The zero-order chi connectivity index (χ0) is 13.7. The molecule has 2 heteroatoms. The van der Waals surface area contributed by atoms with E-state index in [0.717, 1.165) is 18.0 Å². The van der Waals surface area contributed by atoms with Crippen molar-refractivity contribution in [1.29, 1.82) is 0 Å². The van der Waals surface area contributed by atoms with Gasteiger partial charge in [-0.1, -0.05) is 32.9 Å². The maximum atomic E-state index is 13.2. The van der Waals surface area contributed by atoms with E-state index in [1.807, 2.05) is 6.07 Å². The van der Waals surface area contributed by atoms with Crippen LogP contribution in [0.4, 0.5) is 4.39 Å². The molecule has 0 spiro atoms. The van der Waals surface area contributed by atoms with Crippen LogP contribution < -0.4 is 5.32 Å². The van der Waals surface area contributed by atoms with E-state index in [1.54, 1.807) is 12.1 Å². The molecule has 0 heterocycles. The Labute approximate surface area is 115 Å². The van der Waals surface area contributed by atoms with E-state index in [1.165, 1.54) is 25.3 Å². The third kappa shape index (κ3) is 1.92. The molecule has 0 amide bonds. The molecule has 3 rings (SSSR count). The minimum Gasteiger partial charge on any atom is -0.309 e. The number of rotatable bonds is 3. The second kappa shape index (κ2) is 4.31. The highest BCUT2D eigenvalue weighted by molar-refractivity contribution is 5.18. The fraction of sp³-hybridized carbons (Fsp3) is 0.647. The zero-order valence-corrected chi connectivity index (χ0v) is 12.2. The molecule has 3 atom stereocenters. The summed E-state index contributed by atoms with van der Waals surface area (Å²) < 4.78 is 13.2. The van der Waals surface area contributed by atoms with Crippen LogP contribution in [0.15, 0.2) is 24.3 Å². The summed E-state index contributed by atoms with van der Waals surface area (Å²) in [5.74, 6) is 0.710. The largest absolute Gasteiger partial charge is 0.309 e. The third-order valence-corrected chi connectivity index (χ3v) is 6.24. The van der Waals surface area contributed by atoms with Crippen LogP contribution in [0.25, 0.3) is 0 Å². The first-order valence-corrected chi connectivity index (χ1v) is 7.41. The fourth-order valence-corrected chi connectivity index (χ4v) is 4.40. The molecule has 0 aromatic heterocycles. The first-order valence-electron chi connectivity index (χ1n) is 7.41. The zero-order valence-electron chi connectivity index (χ0n) is 12.2. The highest BCUT2D eigenvalue weighted by atomic mass is 19.1. The molecule has 1 aromatic rings. The van der Waals surface area contributed by atoms with Gasteiger partial charge in [-0.15, -0.1) is 0 Å². The molecule has 2 saturated carbocycles. The summed E-state index contributed by atoms with van der Waals surface area (Å²) in [4.78, 5) is 0. The number of fused-ring (bicyclic) bond motifs is 2. The lowest BCUT2D eigenvalue weighted by Crippen LogP contribution is -2.44. The van der Waals surface area contributed by atoms with Crippen LogP contribution in [0.1, 0.15) is 45.6 Å². The lowest BCUT2D eigenvalue weighted by molar-refractivity contribution is 0.120. The normalized spacial score (nSPS) is 35.8. The number of nitrogens with one attached hydrogen (secondary N) is 1. The highest BCUT2D eigenvalue weighted by Crippen LogP contribution is 2.65. The van der Waals surface area contributed by atoms with E-state index >= 15 is 0 Å². The maximum absolute atomic E-state index is 13.2. The molecule has 1 nitrogen and oxygen atoms in total. The standard InChI is InChI=1S/C17H24FN/c1-16(2)13-7-8-17(16,3)15(10-13)19-11-12-5-4-6-14(18)9-12/h4-6,9,13,15,19H,7-8,10-11H2,1-3H3. The van der Waals surface area contributed by atoms with Gasteiger partial charge in [0.25, 0.3) is 0 Å². The van der Waals surface area contributed by atoms with Crippen molar-refractivity contribution in [2.45, 2.75) is 52.6 Å². The molecule has 19 heavy (non-hydrogen) atoms. The maximum Gasteiger partial charge on any atom is 0.123 e. The first-order chi connectivity index (χ1) is 8.93. The molecule has 1 N–H and O–H groups in total. The van der Waals surface area contributed by atoms with Crippen LogP contribution in [0.2, 0.25) is 0 Å². The summed E-state index contributed by atoms with van der Waals surface area (Å²) in [6.07, 6.45) is 3.98. The SMILES string of the molecule is CC1(C)C2CCC1(C)C(NCc1cccc(F)c1)C2. The van der Waals surface area contributed by atoms with Gasteiger partial charge in [0, 0.05) is 12.6 Å². The van der Waals surface area contributed by atoms with Crippen molar-refractivity contribution in [2.24, 2.45) is 16.7 Å². The summed E-state index contributed by atoms with van der Waals surface area (Å²) in [7, 11) is 0. The predicted molar refractivity (Wildman–Crippen MR) is 76.3 cm³/mol. The molecular formula is C17H24FN. The van der Waals surface area contributed by atoms with Crippen LogP contribution >= 0.6 is 0 Å². The van der Waals surface area contributed by atoms with Crippen molar-refractivity contribution in [3.05, 3.63) is 35.6 Å². The minimum absolute atomic E-state index is 0.140. The molecule has 104 valence electrons. The second-order valence-corrected chi connectivity index (χ2v) is 7.17. The number of hydrogen-bond donors (Lipinski definition) is 1. The average Bonchev–Trinajstić information content (AvgIpc) is 2.69. The van der Waals surface area contributed by atoms with Crippen molar-refractivity contribution in [1.82, 2.24) is 5.32 Å². The smallest absolute Gasteiger partial charge is 0.123 e. The topological polar surface area (TPSA) is 12.0 Å². The summed E-state index contributed by atoms with van der Waals surface area (Å²) in [5.41, 5.74) is 1.88. The summed E-state index contributed by atoms with van der Waals surface area (Å²) >= 11 is 0. The van der Waals surface area contributed by atoms with Crippen LogP contribution in [-0.2, 0) is 6.54 Å². The van der Waals surface area contributed by atoms with Gasteiger partial charge < -0.3 is 5.32 Å². The van der Waals surface area contributed by atoms with E-state index in [9.17, 15) is 4.39 Å². The number of benzene rings is 1. The lowest BCUT2D eigenvalue weighted by atomic mass is 9.69. The quantitative estimate of drug-likeness (QED) is 0.862. The highest BCUT2D eigenvalue weighted by Gasteiger charge is 2.60. The van der Waals surface area contributed by atoms with Gasteiger partial charge in [0.15, 0.2) is 0 Å². The average molecular weight is 261 g/mol. The van der Waals surface area contributed by atoms with Crippen molar-refractivity contribution >= 4 is 0 Å². The van der Waals surface area contributed by atoms with E-state index < -0.39 is 0 Å². The van der Waals surface area contributed by atoms with Gasteiger partial charge in [-0.05, 0) is 53.7 Å². The summed E-state index contributed by atoms with van der Waals surface area (Å²) in [5, 5.41) is 3.69. The first kappa shape index (κ1) is 13.1. The molecule has 1 aromatic carbocycles. The van der Waals surface area contributed by atoms with Gasteiger partial charge in [-0.25, -0.2) is 4.39 Å². The molecular weight excluding hydrogens is 237 g/mol. The molecule has 2 fully saturated rings. The Hall–Kier alpha value is -0.890. The third-order valence-electron chi connectivity index (χ3n) is 6.24.